The zero-order valence-corrected chi connectivity index (χ0v) is 13.2. The van der Waals surface area contributed by atoms with Gasteiger partial charge in [-0.2, -0.15) is 0 Å². The van der Waals surface area contributed by atoms with E-state index in [2.05, 4.69) is 5.32 Å². The summed E-state index contributed by atoms with van der Waals surface area (Å²) >= 11 is 0. The number of alkyl carbamates (subject to hydrolysis) is 1. The van der Waals surface area contributed by atoms with Gasteiger partial charge in [-0.1, -0.05) is 12.1 Å². The molecule has 0 radical (unpaired) electrons. The van der Waals surface area contributed by atoms with E-state index in [4.69, 9.17) is 14.2 Å². The lowest BCUT2D eigenvalue weighted by Gasteiger charge is -2.43. The molecule has 1 aromatic carbocycles. The second-order valence-electron chi connectivity index (χ2n) is 5.45. The second-order valence-corrected chi connectivity index (χ2v) is 5.45. The molecule has 5 N–H and O–H groups in total. The Labute approximate surface area is 138 Å². The van der Waals surface area contributed by atoms with Gasteiger partial charge in [-0.15, -0.1) is 0 Å². The molecule has 1 aromatic rings. The molecule has 134 valence electrons. The van der Waals surface area contributed by atoms with Crippen LogP contribution in [0.3, 0.4) is 0 Å². The summed E-state index contributed by atoms with van der Waals surface area (Å²) in [5.74, 6) is -2.35. The molecule has 0 spiro atoms. The van der Waals surface area contributed by atoms with Gasteiger partial charge in [-0.25, -0.2) is 4.79 Å². The number of hydrogen-bond acceptors (Lipinski definition) is 8. The largest absolute Gasteiger partial charge is 0.445 e. The Morgan fingerprint density at radius 2 is 1.88 bits per heavy atom. The number of aliphatic hydroxyl groups is 4. The Kier molecular flexibility index (Phi) is 5.62. The maximum Gasteiger partial charge on any atom is 0.407 e. The molecule has 9 heteroatoms. The summed E-state index contributed by atoms with van der Waals surface area (Å²) in [5.41, 5.74) is 0.673. The highest BCUT2D eigenvalue weighted by atomic mass is 16.8. The highest BCUT2D eigenvalue weighted by Gasteiger charge is 2.54. The van der Waals surface area contributed by atoms with Gasteiger partial charge in [-0.3, -0.25) is 0 Å². The van der Waals surface area contributed by atoms with Crippen molar-refractivity contribution in [3.05, 3.63) is 29.8 Å². The number of carbonyl (C=O) groups excluding carboxylic acids is 1. The van der Waals surface area contributed by atoms with Gasteiger partial charge in [0, 0.05) is 7.05 Å². The number of ether oxygens (including phenoxy) is 3. The standard InChI is InChI=1S/C15H21NO8/c1-8-11(17)12(18)13(19)15(21,23-8)24-10-5-3-9(4-6-10)7-22-14(20)16-2/h3-6,8,11-13,17-19,21H,7H2,1-2H3,(H,16,20)/t8-,11-,12+,13+,15+/m0/s1. The van der Waals surface area contributed by atoms with Crippen LogP contribution in [0.5, 0.6) is 5.75 Å². The highest BCUT2D eigenvalue weighted by Crippen LogP contribution is 2.30. The van der Waals surface area contributed by atoms with E-state index in [0.717, 1.165) is 0 Å². The van der Waals surface area contributed by atoms with Crippen molar-refractivity contribution < 1.29 is 39.4 Å². The molecule has 0 aliphatic carbocycles. The maximum atomic E-state index is 11.0. The Bertz CT molecular complexity index is 565. The average molecular weight is 343 g/mol. The van der Waals surface area contributed by atoms with E-state index in [0.29, 0.717) is 5.56 Å². The Hall–Kier alpha value is -1.91. The molecule has 1 saturated heterocycles. The van der Waals surface area contributed by atoms with Gasteiger partial charge in [0.15, 0.2) is 6.10 Å². The first-order chi connectivity index (χ1) is 11.3. The van der Waals surface area contributed by atoms with Gasteiger partial charge in [0.25, 0.3) is 0 Å². The maximum absolute atomic E-state index is 11.0. The van der Waals surface area contributed by atoms with Crippen molar-refractivity contribution in [3.63, 3.8) is 0 Å². The smallest absolute Gasteiger partial charge is 0.407 e. The van der Waals surface area contributed by atoms with Gasteiger partial charge >= 0.3 is 12.1 Å². The molecular weight excluding hydrogens is 322 g/mol. The third-order valence-corrected chi connectivity index (χ3v) is 3.64. The predicted molar refractivity (Wildman–Crippen MR) is 79.8 cm³/mol. The lowest BCUT2D eigenvalue weighted by molar-refractivity contribution is -0.417. The molecular formula is C15H21NO8. The van der Waals surface area contributed by atoms with E-state index in [-0.39, 0.29) is 12.4 Å². The van der Waals surface area contributed by atoms with Crippen LogP contribution >= 0.6 is 0 Å². The van der Waals surface area contributed by atoms with Crippen molar-refractivity contribution in [2.24, 2.45) is 0 Å². The van der Waals surface area contributed by atoms with Crippen LogP contribution in [-0.2, 0) is 16.1 Å². The van der Waals surface area contributed by atoms with Crippen molar-refractivity contribution in [2.45, 2.75) is 43.9 Å². The summed E-state index contributed by atoms with van der Waals surface area (Å²) in [6.45, 7) is 1.47. The Balaban J connectivity index is 2.03. The summed E-state index contributed by atoms with van der Waals surface area (Å²) in [5, 5.41) is 41.9. The quantitative estimate of drug-likeness (QED) is 0.442. The Morgan fingerprint density at radius 1 is 1.25 bits per heavy atom. The highest BCUT2D eigenvalue weighted by molar-refractivity contribution is 5.66. The fourth-order valence-corrected chi connectivity index (χ4v) is 2.21. The van der Waals surface area contributed by atoms with E-state index in [1.165, 1.54) is 26.1 Å². The molecule has 1 fully saturated rings. The SMILES string of the molecule is CNC(=O)OCc1ccc(O[C@]2(O)O[C@@H](C)[C@H](O)[C@@H](O)[C@H]2O)cc1. The number of nitrogens with one attached hydrogen (secondary N) is 1. The molecule has 1 aliphatic heterocycles. The van der Waals surface area contributed by atoms with Gasteiger partial charge in [0.1, 0.15) is 24.6 Å². The first kappa shape index (κ1) is 18.4. The van der Waals surface area contributed by atoms with Gasteiger partial charge < -0.3 is 40.0 Å². The van der Waals surface area contributed by atoms with Gasteiger partial charge in [0.05, 0.1) is 6.10 Å². The lowest BCUT2D eigenvalue weighted by Crippen LogP contribution is -2.66. The molecule has 24 heavy (non-hydrogen) atoms. The molecule has 9 nitrogen and oxygen atoms in total. The molecule has 1 amide bonds. The molecule has 0 aromatic heterocycles. The Morgan fingerprint density at radius 3 is 2.46 bits per heavy atom. The topological polar surface area (TPSA) is 138 Å². The van der Waals surface area contributed by atoms with Crippen molar-refractivity contribution in [2.75, 3.05) is 7.05 Å². The number of aliphatic hydroxyl groups excluding tert-OH is 3. The van der Waals surface area contributed by atoms with E-state index in [9.17, 15) is 25.2 Å². The average Bonchev–Trinajstić information content (AvgIpc) is 2.57. The zero-order valence-electron chi connectivity index (χ0n) is 13.2. The van der Waals surface area contributed by atoms with Gasteiger partial charge in [0.2, 0.25) is 0 Å². The number of rotatable bonds is 4. The normalized spacial score (nSPS) is 32.9. The first-order valence-corrected chi connectivity index (χ1v) is 7.33. The zero-order chi connectivity index (χ0) is 17.9. The molecule has 0 saturated carbocycles. The lowest BCUT2D eigenvalue weighted by atomic mass is 9.98. The van der Waals surface area contributed by atoms with Crippen molar-refractivity contribution in [3.8, 4) is 5.75 Å². The summed E-state index contributed by atoms with van der Waals surface area (Å²) in [7, 11) is 1.45. The van der Waals surface area contributed by atoms with Crippen molar-refractivity contribution in [1.29, 1.82) is 0 Å². The van der Waals surface area contributed by atoms with Crippen LogP contribution < -0.4 is 10.1 Å². The minimum absolute atomic E-state index is 0.0469. The second kappa shape index (κ2) is 7.32. The minimum atomic E-state index is -2.50. The van der Waals surface area contributed by atoms with Crippen LogP contribution in [0.1, 0.15) is 12.5 Å². The fraction of sp³-hybridized carbons (Fsp3) is 0.533. The van der Waals surface area contributed by atoms with Gasteiger partial charge in [-0.05, 0) is 24.6 Å². The third-order valence-electron chi connectivity index (χ3n) is 3.64. The summed E-state index contributed by atoms with van der Waals surface area (Å²) in [6, 6.07) is 6.12. The molecule has 0 bridgehead atoms. The number of amides is 1. The van der Waals surface area contributed by atoms with Crippen molar-refractivity contribution in [1.82, 2.24) is 5.32 Å². The number of benzene rings is 1. The molecule has 2 rings (SSSR count). The van der Waals surface area contributed by atoms with E-state index >= 15 is 0 Å². The summed E-state index contributed by atoms with van der Waals surface area (Å²) < 4.78 is 15.2. The summed E-state index contributed by atoms with van der Waals surface area (Å²) in [6.07, 6.45) is -6.36. The van der Waals surface area contributed by atoms with E-state index < -0.39 is 36.5 Å². The van der Waals surface area contributed by atoms with Crippen molar-refractivity contribution >= 4 is 6.09 Å². The minimum Gasteiger partial charge on any atom is -0.445 e. The molecule has 0 unspecified atom stereocenters. The van der Waals surface area contributed by atoms with Crippen LogP contribution in [0, 0.1) is 0 Å². The number of carbonyl (C=O) groups is 1. The first-order valence-electron chi connectivity index (χ1n) is 7.33. The third kappa shape index (κ3) is 3.94. The monoisotopic (exact) mass is 343 g/mol. The number of hydrogen-bond donors (Lipinski definition) is 5. The summed E-state index contributed by atoms with van der Waals surface area (Å²) in [4.78, 5) is 11.0. The van der Waals surface area contributed by atoms with E-state index in [1.807, 2.05) is 0 Å². The van der Waals surface area contributed by atoms with Crippen LogP contribution in [0.2, 0.25) is 0 Å². The van der Waals surface area contributed by atoms with E-state index in [1.54, 1.807) is 12.1 Å². The predicted octanol–water partition coefficient (Wildman–Crippen LogP) is -0.931. The fourth-order valence-electron chi connectivity index (χ4n) is 2.21. The van der Waals surface area contributed by atoms with Crippen LogP contribution in [0.15, 0.2) is 24.3 Å². The van der Waals surface area contributed by atoms with Crippen LogP contribution in [0.25, 0.3) is 0 Å². The molecule has 1 heterocycles. The molecule has 5 atom stereocenters. The molecule has 1 aliphatic rings. The van der Waals surface area contributed by atoms with Crippen LogP contribution in [-0.4, -0.2) is 64.0 Å². The van der Waals surface area contributed by atoms with Crippen LogP contribution in [0.4, 0.5) is 4.79 Å².